The second-order valence-electron chi connectivity index (χ2n) is 7.73. The fourth-order valence-electron chi connectivity index (χ4n) is 4.16. The normalized spacial score (nSPS) is 24.1. The molecule has 0 aromatic carbocycles. The number of carbonyl (C=O) groups excluding carboxylic acids is 2. The molecule has 1 saturated carbocycles. The molecule has 2 aliphatic heterocycles. The van der Waals surface area contributed by atoms with E-state index in [1.807, 2.05) is 4.90 Å². The minimum Gasteiger partial charge on any atom is -0.353 e. The molecule has 2 heterocycles. The molecule has 0 aromatic heterocycles. The van der Waals surface area contributed by atoms with Crippen LogP contribution in [0.15, 0.2) is 0 Å². The molecule has 3 rings (SSSR count). The predicted molar refractivity (Wildman–Crippen MR) is 97.1 cm³/mol. The molecule has 2 N–H and O–H groups in total. The van der Waals surface area contributed by atoms with Crippen molar-refractivity contribution in [3.63, 3.8) is 0 Å². The highest BCUT2D eigenvalue weighted by atomic mass is 35.5. The highest BCUT2D eigenvalue weighted by Gasteiger charge is 2.33. The second kappa shape index (κ2) is 9.04. The van der Waals surface area contributed by atoms with Gasteiger partial charge in [-0.2, -0.15) is 0 Å². The molecule has 5 nitrogen and oxygen atoms in total. The molecule has 0 spiro atoms. The standard InChI is InChI=1S/C18H31N3O2.ClH/c1-13(15-11-19-12-15)18(23)21-8-6-16(7-9-21)20-17(22)10-14-4-2-3-5-14;/h13-16,19H,2-12H2,1H3,(H,20,22);1H. The molecular weight excluding hydrogens is 326 g/mol. The first-order valence-corrected chi connectivity index (χ1v) is 9.42. The van der Waals surface area contributed by atoms with Crippen molar-refractivity contribution in [1.82, 2.24) is 15.5 Å². The van der Waals surface area contributed by atoms with Crippen LogP contribution in [-0.4, -0.2) is 48.9 Å². The van der Waals surface area contributed by atoms with Gasteiger partial charge in [0.1, 0.15) is 0 Å². The van der Waals surface area contributed by atoms with Gasteiger partial charge >= 0.3 is 0 Å². The maximum Gasteiger partial charge on any atom is 0.225 e. The highest BCUT2D eigenvalue weighted by Crippen LogP contribution is 2.27. The molecular formula is C18H32ClN3O2. The molecule has 0 radical (unpaired) electrons. The third kappa shape index (κ3) is 4.85. The lowest BCUT2D eigenvalue weighted by molar-refractivity contribution is -0.138. The Labute approximate surface area is 151 Å². The van der Waals surface area contributed by atoms with E-state index in [-0.39, 0.29) is 30.3 Å². The van der Waals surface area contributed by atoms with Gasteiger partial charge in [0.2, 0.25) is 11.8 Å². The van der Waals surface area contributed by atoms with Crippen LogP contribution in [0, 0.1) is 17.8 Å². The summed E-state index contributed by atoms with van der Waals surface area (Å²) in [7, 11) is 0. The first-order valence-electron chi connectivity index (χ1n) is 9.42. The van der Waals surface area contributed by atoms with Crippen LogP contribution in [0.2, 0.25) is 0 Å². The Morgan fingerprint density at radius 3 is 2.29 bits per heavy atom. The number of nitrogens with zero attached hydrogens (tertiary/aromatic N) is 1. The Morgan fingerprint density at radius 1 is 1.12 bits per heavy atom. The zero-order valence-corrected chi connectivity index (χ0v) is 15.6. The maximum atomic E-state index is 12.5. The molecule has 1 atom stereocenters. The summed E-state index contributed by atoms with van der Waals surface area (Å²) >= 11 is 0. The number of hydrogen-bond donors (Lipinski definition) is 2. The van der Waals surface area contributed by atoms with Crippen LogP contribution in [-0.2, 0) is 9.59 Å². The van der Waals surface area contributed by atoms with Gasteiger partial charge in [-0.1, -0.05) is 19.8 Å². The SMILES string of the molecule is CC(C(=O)N1CCC(NC(=O)CC2CCCC2)CC1)C1CNC1.Cl. The topological polar surface area (TPSA) is 61.4 Å². The van der Waals surface area contributed by atoms with E-state index in [0.717, 1.165) is 39.0 Å². The molecule has 3 fully saturated rings. The molecule has 138 valence electrons. The number of likely N-dealkylation sites (tertiary alicyclic amines) is 1. The summed E-state index contributed by atoms with van der Waals surface area (Å²) in [5.41, 5.74) is 0. The minimum atomic E-state index is 0. The van der Waals surface area contributed by atoms with E-state index in [1.54, 1.807) is 0 Å². The Morgan fingerprint density at radius 2 is 1.75 bits per heavy atom. The van der Waals surface area contributed by atoms with Crippen molar-refractivity contribution in [1.29, 1.82) is 0 Å². The summed E-state index contributed by atoms with van der Waals surface area (Å²) < 4.78 is 0. The van der Waals surface area contributed by atoms with Gasteiger partial charge in [0.15, 0.2) is 0 Å². The molecule has 1 unspecified atom stereocenters. The zero-order valence-electron chi connectivity index (χ0n) is 14.8. The van der Waals surface area contributed by atoms with E-state index in [9.17, 15) is 9.59 Å². The fraction of sp³-hybridized carbons (Fsp3) is 0.889. The lowest BCUT2D eigenvalue weighted by Crippen LogP contribution is -2.53. The molecule has 3 aliphatic rings. The van der Waals surface area contributed by atoms with E-state index in [0.29, 0.717) is 24.2 Å². The Balaban J connectivity index is 0.00000208. The molecule has 2 saturated heterocycles. The monoisotopic (exact) mass is 357 g/mol. The number of hydrogen-bond acceptors (Lipinski definition) is 3. The van der Waals surface area contributed by atoms with Crippen molar-refractivity contribution in [3.05, 3.63) is 0 Å². The van der Waals surface area contributed by atoms with Crippen molar-refractivity contribution in [2.75, 3.05) is 26.2 Å². The smallest absolute Gasteiger partial charge is 0.225 e. The number of piperidine rings is 1. The predicted octanol–water partition coefficient (Wildman–Crippen LogP) is 1.95. The summed E-state index contributed by atoms with van der Waals surface area (Å²) in [4.78, 5) is 26.6. The van der Waals surface area contributed by atoms with Gasteiger partial charge in [0.25, 0.3) is 0 Å². The fourth-order valence-corrected chi connectivity index (χ4v) is 4.16. The Kier molecular flexibility index (Phi) is 7.35. The van der Waals surface area contributed by atoms with Gasteiger partial charge in [0.05, 0.1) is 0 Å². The van der Waals surface area contributed by atoms with Crippen molar-refractivity contribution >= 4 is 24.2 Å². The second-order valence-corrected chi connectivity index (χ2v) is 7.73. The van der Waals surface area contributed by atoms with Crippen LogP contribution < -0.4 is 10.6 Å². The lowest BCUT2D eigenvalue weighted by Gasteiger charge is -2.38. The van der Waals surface area contributed by atoms with Gasteiger partial charge in [-0.3, -0.25) is 9.59 Å². The first kappa shape index (κ1) is 19.5. The van der Waals surface area contributed by atoms with E-state index in [1.165, 1.54) is 25.7 Å². The third-order valence-corrected chi connectivity index (χ3v) is 6.03. The van der Waals surface area contributed by atoms with Gasteiger partial charge in [-0.25, -0.2) is 0 Å². The van der Waals surface area contributed by atoms with E-state index >= 15 is 0 Å². The van der Waals surface area contributed by atoms with Crippen LogP contribution in [0.25, 0.3) is 0 Å². The number of halogens is 1. The lowest BCUT2D eigenvalue weighted by atomic mass is 9.87. The zero-order chi connectivity index (χ0) is 16.2. The number of rotatable bonds is 5. The molecule has 0 aromatic rings. The van der Waals surface area contributed by atoms with Crippen molar-refractivity contribution < 1.29 is 9.59 Å². The Bertz CT molecular complexity index is 428. The van der Waals surface area contributed by atoms with Crippen LogP contribution in [0.4, 0.5) is 0 Å². The quantitative estimate of drug-likeness (QED) is 0.790. The Hall–Kier alpha value is -0.810. The number of amides is 2. The van der Waals surface area contributed by atoms with Crippen molar-refractivity contribution in [2.45, 2.75) is 57.9 Å². The first-order chi connectivity index (χ1) is 11.1. The van der Waals surface area contributed by atoms with Gasteiger partial charge in [-0.05, 0) is 50.6 Å². The van der Waals surface area contributed by atoms with Crippen molar-refractivity contribution in [2.24, 2.45) is 17.8 Å². The summed E-state index contributed by atoms with van der Waals surface area (Å²) in [5, 5.41) is 6.43. The largest absolute Gasteiger partial charge is 0.353 e. The summed E-state index contributed by atoms with van der Waals surface area (Å²) in [6.07, 6.45) is 7.50. The van der Waals surface area contributed by atoms with Crippen LogP contribution >= 0.6 is 12.4 Å². The highest BCUT2D eigenvalue weighted by molar-refractivity contribution is 5.85. The van der Waals surface area contributed by atoms with E-state index in [2.05, 4.69) is 17.6 Å². The molecule has 0 bridgehead atoms. The maximum absolute atomic E-state index is 12.5. The molecule has 6 heteroatoms. The molecule has 1 aliphatic carbocycles. The minimum absolute atomic E-state index is 0. The average Bonchev–Trinajstić information content (AvgIpc) is 2.98. The van der Waals surface area contributed by atoms with E-state index < -0.39 is 0 Å². The van der Waals surface area contributed by atoms with Gasteiger partial charge in [-0.15, -0.1) is 12.4 Å². The average molecular weight is 358 g/mol. The third-order valence-electron chi connectivity index (χ3n) is 6.03. The van der Waals surface area contributed by atoms with E-state index in [4.69, 9.17) is 0 Å². The van der Waals surface area contributed by atoms with Crippen LogP contribution in [0.5, 0.6) is 0 Å². The van der Waals surface area contributed by atoms with Crippen molar-refractivity contribution in [3.8, 4) is 0 Å². The summed E-state index contributed by atoms with van der Waals surface area (Å²) in [6.45, 7) is 5.58. The summed E-state index contributed by atoms with van der Waals surface area (Å²) in [5.74, 6) is 1.76. The molecule has 2 amide bonds. The van der Waals surface area contributed by atoms with Crippen LogP contribution in [0.1, 0.15) is 51.9 Å². The van der Waals surface area contributed by atoms with Crippen LogP contribution in [0.3, 0.4) is 0 Å². The van der Waals surface area contributed by atoms with Gasteiger partial charge < -0.3 is 15.5 Å². The number of carbonyl (C=O) groups is 2. The van der Waals surface area contributed by atoms with Gasteiger partial charge in [0, 0.05) is 31.5 Å². The number of nitrogens with one attached hydrogen (secondary N) is 2. The summed E-state index contributed by atoms with van der Waals surface area (Å²) in [6, 6.07) is 0.258. The molecule has 24 heavy (non-hydrogen) atoms.